The van der Waals surface area contributed by atoms with Crippen molar-refractivity contribution >= 4 is 29.8 Å². The molecule has 0 bridgehead atoms. The predicted octanol–water partition coefficient (Wildman–Crippen LogP) is 7.22. The van der Waals surface area contributed by atoms with Gasteiger partial charge in [-0.3, -0.25) is 34.0 Å². The number of rotatable bonds is 14. The smallest absolute Gasteiger partial charge is 0.337 e. The molecule has 1 unspecified atom stereocenters. The van der Waals surface area contributed by atoms with Crippen LogP contribution in [0.2, 0.25) is 0 Å². The SMILES string of the molecule is CC[C@@H]1CN(CC(=O)OC(C)(C)C)[C@H](CC)CN(C(C(=O)OC(C)(C)C)c2ccc(C(=O)OC)cc2)[C@H](CC)CN(CC(=O)OC(C)(C)C)[C@H](CC)CN1CC(=O)OC(C)(C)C. The Bertz CT molecular complexity index is 1580. The third kappa shape index (κ3) is 18.6. The van der Waals surface area contributed by atoms with Gasteiger partial charge in [0.05, 0.1) is 32.3 Å². The summed E-state index contributed by atoms with van der Waals surface area (Å²) in [5.74, 6) is -2.09. The summed E-state index contributed by atoms with van der Waals surface area (Å²) in [6.07, 6.45) is 2.44. The van der Waals surface area contributed by atoms with Gasteiger partial charge in [-0.15, -0.1) is 0 Å². The molecule has 62 heavy (non-hydrogen) atoms. The van der Waals surface area contributed by atoms with Crippen molar-refractivity contribution in [1.82, 2.24) is 19.6 Å². The van der Waals surface area contributed by atoms with Crippen molar-refractivity contribution in [3.8, 4) is 0 Å². The maximum Gasteiger partial charge on any atom is 0.337 e. The zero-order valence-corrected chi connectivity index (χ0v) is 41.3. The Hall–Kier alpha value is -3.59. The van der Waals surface area contributed by atoms with Crippen LogP contribution in [0.1, 0.15) is 158 Å². The monoisotopic (exact) mass is 875 g/mol. The molecule has 0 amide bonds. The highest BCUT2D eigenvalue weighted by Gasteiger charge is 2.41. The molecule has 354 valence electrons. The lowest BCUT2D eigenvalue weighted by Crippen LogP contribution is -2.60. The average molecular weight is 875 g/mol. The molecule has 5 atom stereocenters. The maximum atomic E-state index is 14.8. The Morgan fingerprint density at radius 3 is 1.15 bits per heavy atom. The first-order valence-corrected chi connectivity index (χ1v) is 22.6. The maximum absolute atomic E-state index is 14.8. The van der Waals surface area contributed by atoms with Crippen LogP contribution in [0.15, 0.2) is 24.3 Å². The molecule has 1 saturated heterocycles. The number of carbonyl (C=O) groups excluding carboxylic acids is 5. The summed E-state index contributed by atoms with van der Waals surface area (Å²) in [4.78, 5) is 77.2. The van der Waals surface area contributed by atoms with Crippen LogP contribution in [0, 0.1) is 0 Å². The highest BCUT2D eigenvalue weighted by molar-refractivity contribution is 5.89. The first-order valence-electron chi connectivity index (χ1n) is 22.6. The predicted molar refractivity (Wildman–Crippen MR) is 242 cm³/mol. The second kappa shape index (κ2) is 23.4. The fraction of sp³-hybridized carbons (Fsp3) is 0.771. The second-order valence-electron chi connectivity index (χ2n) is 20.5. The van der Waals surface area contributed by atoms with Crippen molar-refractivity contribution in [2.75, 3.05) is 52.9 Å². The van der Waals surface area contributed by atoms with E-state index in [0.717, 1.165) is 0 Å². The zero-order chi connectivity index (χ0) is 47.4. The molecule has 0 saturated carbocycles. The number of ether oxygens (including phenoxy) is 5. The van der Waals surface area contributed by atoms with E-state index in [-0.39, 0.29) is 61.7 Å². The van der Waals surface area contributed by atoms with Crippen LogP contribution in [-0.4, -0.2) is 149 Å². The number of carbonyl (C=O) groups is 5. The number of benzene rings is 1. The largest absolute Gasteiger partial charge is 0.465 e. The first-order chi connectivity index (χ1) is 28.5. The van der Waals surface area contributed by atoms with Gasteiger partial charge in [0.1, 0.15) is 28.4 Å². The molecule has 1 heterocycles. The minimum Gasteiger partial charge on any atom is -0.465 e. The minimum atomic E-state index is -0.944. The molecule has 1 fully saturated rings. The second-order valence-corrected chi connectivity index (χ2v) is 20.5. The molecule has 0 N–H and O–H groups in total. The number of nitrogens with zero attached hydrogens (tertiary/aromatic N) is 4. The number of methoxy groups -OCH3 is 1. The van der Waals surface area contributed by atoms with E-state index in [2.05, 4.69) is 47.3 Å². The van der Waals surface area contributed by atoms with Gasteiger partial charge >= 0.3 is 29.8 Å². The van der Waals surface area contributed by atoms with Gasteiger partial charge in [-0.2, -0.15) is 0 Å². The Kier molecular flexibility index (Phi) is 20.6. The molecular formula is C48H82N4O10. The minimum absolute atomic E-state index is 0.00917. The van der Waals surface area contributed by atoms with Gasteiger partial charge in [0.15, 0.2) is 0 Å². The number of hydrogen-bond donors (Lipinski definition) is 0. The highest BCUT2D eigenvalue weighted by Crippen LogP contribution is 2.32. The van der Waals surface area contributed by atoms with E-state index < -0.39 is 40.4 Å². The summed E-state index contributed by atoms with van der Waals surface area (Å²) in [6, 6.07) is 4.77. The average Bonchev–Trinajstić information content (AvgIpc) is 3.11. The third-order valence-corrected chi connectivity index (χ3v) is 10.5. The van der Waals surface area contributed by atoms with Crippen LogP contribution in [0.4, 0.5) is 0 Å². The van der Waals surface area contributed by atoms with Gasteiger partial charge in [0, 0.05) is 50.3 Å². The normalized spacial score (nSPS) is 21.5. The molecule has 0 spiro atoms. The van der Waals surface area contributed by atoms with E-state index in [1.165, 1.54) is 7.11 Å². The van der Waals surface area contributed by atoms with Gasteiger partial charge < -0.3 is 23.7 Å². The van der Waals surface area contributed by atoms with Crippen molar-refractivity contribution < 1.29 is 47.7 Å². The summed E-state index contributed by atoms with van der Waals surface area (Å²) in [5, 5.41) is 0. The van der Waals surface area contributed by atoms with Crippen LogP contribution < -0.4 is 0 Å². The van der Waals surface area contributed by atoms with Gasteiger partial charge in [0.25, 0.3) is 0 Å². The molecule has 0 aliphatic carbocycles. The summed E-state index contributed by atoms with van der Waals surface area (Å²) in [6.45, 7) is 31.8. The fourth-order valence-corrected chi connectivity index (χ4v) is 7.88. The van der Waals surface area contributed by atoms with Crippen molar-refractivity contribution in [2.45, 2.75) is 189 Å². The standard InChI is InChI=1S/C48H82N4O10/c1-18-35-27-50(31-40(54)60-46(8,9)10)37(20-3)29-52(42(44(57)62-48(14,15)16)33-22-24-34(25-23-33)43(56)58-17)38(21-4)28-51(32-41(55)61-47(11,12)13)36(19-2)26-49(35)30-39(53)59-45(5,6)7/h22-25,35-38,42H,18-21,26-32H2,1-17H3/t35-,36-,37-,38-,42?/m1/s1. The van der Waals surface area contributed by atoms with E-state index in [0.29, 0.717) is 63.0 Å². The lowest BCUT2D eigenvalue weighted by atomic mass is 9.97. The Morgan fingerprint density at radius 1 is 0.516 bits per heavy atom. The van der Waals surface area contributed by atoms with E-state index in [1.807, 2.05) is 83.1 Å². The summed E-state index contributed by atoms with van der Waals surface area (Å²) >= 11 is 0. The molecular weight excluding hydrogens is 793 g/mol. The highest BCUT2D eigenvalue weighted by atomic mass is 16.6. The van der Waals surface area contributed by atoms with Crippen molar-refractivity contribution in [2.24, 2.45) is 0 Å². The molecule has 2 rings (SSSR count). The van der Waals surface area contributed by atoms with Crippen LogP contribution in [-0.2, 0) is 42.9 Å². The van der Waals surface area contributed by atoms with Crippen molar-refractivity contribution in [3.63, 3.8) is 0 Å². The molecule has 1 aliphatic rings. The van der Waals surface area contributed by atoms with Crippen molar-refractivity contribution in [3.05, 3.63) is 35.4 Å². The van der Waals surface area contributed by atoms with E-state index in [4.69, 9.17) is 23.7 Å². The van der Waals surface area contributed by atoms with Gasteiger partial charge in [-0.1, -0.05) is 39.8 Å². The van der Waals surface area contributed by atoms with Crippen LogP contribution in [0.3, 0.4) is 0 Å². The van der Waals surface area contributed by atoms with Crippen LogP contribution in [0.5, 0.6) is 0 Å². The Morgan fingerprint density at radius 2 is 0.839 bits per heavy atom. The van der Waals surface area contributed by atoms with Gasteiger partial charge in [0.2, 0.25) is 0 Å². The summed E-state index contributed by atoms with van der Waals surface area (Å²) < 4.78 is 28.9. The molecule has 1 aromatic carbocycles. The van der Waals surface area contributed by atoms with Crippen LogP contribution >= 0.6 is 0 Å². The molecule has 14 heteroatoms. The third-order valence-electron chi connectivity index (χ3n) is 10.5. The molecule has 0 radical (unpaired) electrons. The van der Waals surface area contributed by atoms with E-state index in [1.54, 1.807) is 24.3 Å². The Labute approximate surface area is 373 Å². The summed E-state index contributed by atoms with van der Waals surface area (Å²) in [5.41, 5.74) is -2.01. The summed E-state index contributed by atoms with van der Waals surface area (Å²) in [7, 11) is 1.32. The number of hydrogen-bond acceptors (Lipinski definition) is 14. The van der Waals surface area contributed by atoms with Crippen LogP contribution in [0.25, 0.3) is 0 Å². The van der Waals surface area contributed by atoms with Gasteiger partial charge in [-0.05, 0) is 126 Å². The lowest BCUT2D eigenvalue weighted by molar-refractivity contribution is -0.166. The molecule has 1 aromatic rings. The zero-order valence-electron chi connectivity index (χ0n) is 41.3. The quantitative estimate of drug-likeness (QED) is 0.137. The van der Waals surface area contributed by atoms with Gasteiger partial charge in [-0.25, -0.2) is 9.59 Å². The number of esters is 5. The first kappa shape index (κ1) is 54.5. The van der Waals surface area contributed by atoms with Crippen molar-refractivity contribution in [1.29, 1.82) is 0 Å². The fourth-order valence-electron chi connectivity index (χ4n) is 7.88. The van der Waals surface area contributed by atoms with E-state index >= 15 is 0 Å². The molecule has 14 nitrogen and oxygen atoms in total. The van der Waals surface area contributed by atoms with E-state index in [9.17, 15) is 24.0 Å². The lowest BCUT2D eigenvalue weighted by Gasteiger charge is -2.47. The molecule has 0 aromatic heterocycles. The Balaban J connectivity index is 3.04. The molecule has 1 aliphatic heterocycles. The topological polar surface area (TPSA) is 144 Å².